The smallest absolute Gasteiger partial charge is 0.222 e. The number of hydrogen-bond donors (Lipinski definition) is 4. The minimum absolute atomic E-state index is 0.0182. The van der Waals surface area contributed by atoms with Gasteiger partial charge in [-0.15, -0.1) is 0 Å². The van der Waals surface area contributed by atoms with E-state index in [1.165, 1.54) is 180 Å². The molecule has 3 atom stereocenters. The van der Waals surface area contributed by atoms with Gasteiger partial charge in [0.1, 0.15) is 0 Å². The predicted molar refractivity (Wildman–Crippen MR) is 208 cm³/mol. The molecule has 4 N–H and O–H groups in total. The summed E-state index contributed by atoms with van der Waals surface area (Å²) in [5.41, 5.74) is 0. The summed E-state index contributed by atoms with van der Waals surface area (Å²) < 4.78 is 0. The quantitative estimate of drug-likeness (QED) is 0.0384. The second-order valence-corrected chi connectivity index (χ2v) is 15.0. The average Bonchev–Trinajstić information content (AvgIpc) is 3.08. The van der Waals surface area contributed by atoms with Crippen LogP contribution in [0, 0.1) is 0 Å². The van der Waals surface area contributed by atoms with E-state index in [-0.39, 0.29) is 18.9 Å². The molecule has 0 aromatic rings. The van der Waals surface area contributed by atoms with Gasteiger partial charge in [0, 0.05) is 0 Å². The third-order valence-corrected chi connectivity index (χ3v) is 10.1. The molecule has 0 rings (SSSR count). The van der Waals surface area contributed by atoms with Crippen LogP contribution in [0.3, 0.4) is 0 Å². The summed E-state index contributed by atoms with van der Waals surface area (Å²) in [7, 11) is 0. The zero-order valence-corrected chi connectivity index (χ0v) is 32.4. The first kappa shape index (κ1) is 47.1. The van der Waals surface area contributed by atoms with E-state index in [2.05, 4.69) is 19.2 Å². The number of rotatable bonds is 39. The fourth-order valence-corrected chi connectivity index (χ4v) is 6.75. The van der Waals surface area contributed by atoms with E-state index in [1.54, 1.807) is 6.08 Å². The summed E-state index contributed by atoms with van der Waals surface area (Å²) in [6.07, 6.45) is 45.1. The van der Waals surface area contributed by atoms with Crippen molar-refractivity contribution < 1.29 is 20.1 Å². The van der Waals surface area contributed by atoms with Gasteiger partial charge in [-0.3, -0.25) is 4.79 Å². The molecular formula is C43H85NO4. The van der Waals surface area contributed by atoms with E-state index in [0.29, 0.717) is 6.42 Å². The lowest BCUT2D eigenvalue weighted by atomic mass is 10.0. The van der Waals surface area contributed by atoms with Gasteiger partial charge in [-0.05, 0) is 19.3 Å². The Bertz CT molecular complexity index is 669. The van der Waals surface area contributed by atoms with Gasteiger partial charge in [-0.2, -0.15) is 0 Å². The van der Waals surface area contributed by atoms with Gasteiger partial charge in [-0.1, -0.05) is 219 Å². The fraction of sp³-hybridized carbons (Fsp3) is 0.930. The molecular weight excluding hydrogens is 594 g/mol. The van der Waals surface area contributed by atoms with Crippen molar-refractivity contribution in [2.45, 2.75) is 250 Å². The second kappa shape index (κ2) is 38.9. The van der Waals surface area contributed by atoms with E-state index >= 15 is 0 Å². The molecule has 3 unspecified atom stereocenters. The summed E-state index contributed by atoms with van der Waals surface area (Å²) in [4.78, 5) is 12.4. The molecule has 0 aromatic carbocycles. The lowest BCUT2D eigenvalue weighted by Gasteiger charge is -2.21. The highest BCUT2D eigenvalue weighted by Gasteiger charge is 2.20. The molecule has 0 saturated heterocycles. The minimum atomic E-state index is -0.922. The van der Waals surface area contributed by atoms with E-state index < -0.39 is 18.2 Å². The Hall–Kier alpha value is -0.910. The highest BCUT2D eigenvalue weighted by molar-refractivity contribution is 5.76. The molecule has 0 aliphatic heterocycles. The molecule has 0 fully saturated rings. The third kappa shape index (κ3) is 34.9. The standard InChI is InChI=1S/C43H85NO4/c1-3-5-7-9-11-13-14-15-16-17-18-19-20-21-22-23-24-25-26-27-29-30-32-34-36-40(46)38-43(48)44-41(39-45)42(47)37-35-33-31-28-12-10-8-6-4-2/h35,37,40-42,45-47H,3-34,36,38-39H2,1-2H3,(H,44,48)/b37-35+. The number of hydrogen-bond acceptors (Lipinski definition) is 4. The summed E-state index contributed by atoms with van der Waals surface area (Å²) in [6, 6.07) is -0.737. The first-order valence-electron chi connectivity index (χ1n) is 21.5. The molecule has 0 heterocycles. The monoisotopic (exact) mass is 680 g/mol. The molecule has 286 valence electrons. The van der Waals surface area contributed by atoms with Gasteiger partial charge < -0.3 is 20.6 Å². The zero-order valence-electron chi connectivity index (χ0n) is 32.4. The first-order valence-corrected chi connectivity index (χ1v) is 21.5. The van der Waals surface area contributed by atoms with E-state index in [9.17, 15) is 20.1 Å². The fourth-order valence-electron chi connectivity index (χ4n) is 6.75. The number of unbranched alkanes of at least 4 members (excludes halogenated alkanes) is 30. The van der Waals surface area contributed by atoms with E-state index in [4.69, 9.17) is 0 Å². The third-order valence-electron chi connectivity index (χ3n) is 10.1. The summed E-state index contributed by atoms with van der Waals surface area (Å²) >= 11 is 0. The molecule has 48 heavy (non-hydrogen) atoms. The number of amides is 1. The van der Waals surface area contributed by atoms with Gasteiger partial charge in [0.15, 0.2) is 0 Å². The lowest BCUT2D eigenvalue weighted by molar-refractivity contribution is -0.124. The number of nitrogens with one attached hydrogen (secondary N) is 1. The van der Waals surface area contributed by atoms with Crippen molar-refractivity contribution in [1.29, 1.82) is 0 Å². The number of aliphatic hydroxyl groups is 3. The molecule has 0 saturated carbocycles. The number of allylic oxidation sites excluding steroid dienone is 1. The zero-order chi connectivity index (χ0) is 35.2. The Morgan fingerprint density at radius 3 is 1.21 bits per heavy atom. The molecule has 0 bridgehead atoms. The maximum atomic E-state index is 12.4. The highest BCUT2D eigenvalue weighted by Crippen LogP contribution is 2.16. The van der Waals surface area contributed by atoms with Crippen LogP contribution < -0.4 is 5.32 Å². The average molecular weight is 680 g/mol. The maximum absolute atomic E-state index is 12.4. The van der Waals surface area contributed by atoms with Gasteiger partial charge in [0.2, 0.25) is 5.91 Å². The van der Waals surface area contributed by atoms with Gasteiger partial charge in [-0.25, -0.2) is 0 Å². The largest absolute Gasteiger partial charge is 0.394 e. The topological polar surface area (TPSA) is 89.8 Å². The number of carbonyl (C=O) groups is 1. The summed E-state index contributed by atoms with van der Waals surface area (Å²) in [5.74, 6) is -0.314. The van der Waals surface area contributed by atoms with E-state index in [1.807, 2.05) is 6.08 Å². The van der Waals surface area contributed by atoms with E-state index in [0.717, 1.165) is 25.7 Å². The van der Waals surface area contributed by atoms with Gasteiger partial charge in [0.25, 0.3) is 0 Å². The SMILES string of the molecule is CCCCCCCCC/C=C/C(O)C(CO)NC(=O)CC(O)CCCCCCCCCCCCCCCCCCCCCCCCCC. The minimum Gasteiger partial charge on any atom is -0.394 e. The van der Waals surface area contributed by atoms with Crippen LogP contribution in [0.5, 0.6) is 0 Å². The Morgan fingerprint density at radius 1 is 0.521 bits per heavy atom. The van der Waals surface area contributed by atoms with Crippen molar-refractivity contribution in [3.63, 3.8) is 0 Å². The van der Waals surface area contributed by atoms with Crippen molar-refractivity contribution >= 4 is 5.91 Å². The number of aliphatic hydroxyl groups excluding tert-OH is 3. The van der Waals surface area contributed by atoms with Gasteiger partial charge >= 0.3 is 0 Å². The molecule has 0 aliphatic carbocycles. The maximum Gasteiger partial charge on any atom is 0.222 e. The van der Waals surface area contributed by atoms with Crippen LogP contribution in [0.4, 0.5) is 0 Å². The predicted octanol–water partition coefficient (Wildman–Crippen LogP) is 12.0. The van der Waals surface area contributed by atoms with Crippen LogP contribution in [-0.2, 0) is 4.79 Å². The Morgan fingerprint density at radius 2 is 0.854 bits per heavy atom. The van der Waals surface area contributed by atoms with Crippen LogP contribution in [0.2, 0.25) is 0 Å². The highest BCUT2D eigenvalue weighted by atomic mass is 16.3. The second-order valence-electron chi connectivity index (χ2n) is 15.0. The summed E-state index contributed by atoms with van der Waals surface area (Å²) in [6.45, 7) is 4.19. The Kier molecular flexibility index (Phi) is 38.1. The van der Waals surface area contributed by atoms with Crippen molar-refractivity contribution in [2.24, 2.45) is 0 Å². The normalized spacial score (nSPS) is 13.7. The molecule has 5 heteroatoms. The molecule has 0 aromatic heterocycles. The van der Waals surface area contributed by atoms with Crippen LogP contribution in [0.1, 0.15) is 232 Å². The molecule has 0 aliphatic rings. The number of carbonyl (C=O) groups excluding carboxylic acids is 1. The van der Waals surface area contributed by atoms with Gasteiger partial charge in [0.05, 0.1) is 31.3 Å². The molecule has 5 nitrogen and oxygen atoms in total. The van der Waals surface area contributed by atoms with Crippen molar-refractivity contribution in [3.05, 3.63) is 12.2 Å². The molecule has 0 spiro atoms. The van der Waals surface area contributed by atoms with Crippen molar-refractivity contribution in [1.82, 2.24) is 5.32 Å². The van der Waals surface area contributed by atoms with Crippen LogP contribution in [0.15, 0.2) is 12.2 Å². The van der Waals surface area contributed by atoms with Crippen LogP contribution >= 0.6 is 0 Å². The molecule has 1 amide bonds. The van der Waals surface area contributed by atoms with Crippen molar-refractivity contribution in [2.75, 3.05) is 6.61 Å². The first-order chi connectivity index (χ1) is 23.5. The van der Waals surface area contributed by atoms with Crippen molar-refractivity contribution in [3.8, 4) is 0 Å². The van der Waals surface area contributed by atoms with Crippen LogP contribution in [0.25, 0.3) is 0 Å². The summed E-state index contributed by atoms with van der Waals surface area (Å²) in [5, 5.41) is 33.0. The Balaban J connectivity index is 3.52. The molecule has 0 radical (unpaired) electrons. The van der Waals surface area contributed by atoms with Crippen LogP contribution in [-0.4, -0.2) is 46.1 Å². The lowest BCUT2D eigenvalue weighted by Crippen LogP contribution is -2.45. The Labute approximate surface area is 299 Å².